The molecule has 3 rings (SSSR count). The maximum atomic E-state index is 13.8. The van der Waals surface area contributed by atoms with Crippen LogP contribution in [0.25, 0.3) is 10.9 Å². The Kier molecular flexibility index (Phi) is 3.47. The van der Waals surface area contributed by atoms with Crippen LogP contribution in [0.3, 0.4) is 0 Å². The van der Waals surface area contributed by atoms with Crippen LogP contribution >= 0.6 is 0 Å². The van der Waals surface area contributed by atoms with Gasteiger partial charge in [-0.3, -0.25) is 4.79 Å². The van der Waals surface area contributed by atoms with Gasteiger partial charge in [-0.15, -0.1) is 0 Å². The second kappa shape index (κ2) is 5.08. The lowest BCUT2D eigenvalue weighted by molar-refractivity contribution is -0.141. The number of esters is 1. The van der Waals surface area contributed by atoms with Crippen LogP contribution in [0.5, 0.6) is 0 Å². The molecule has 1 aliphatic carbocycles. The molecule has 1 aromatic carbocycles. The number of hydrogen-bond acceptors (Lipinski definition) is 4. The van der Waals surface area contributed by atoms with Crippen molar-refractivity contribution in [2.75, 3.05) is 13.4 Å². The number of halogens is 1. The van der Waals surface area contributed by atoms with E-state index >= 15 is 0 Å². The van der Waals surface area contributed by atoms with Crippen molar-refractivity contribution < 1.29 is 22.3 Å². The lowest BCUT2D eigenvalue weighted by Crippen LogP contribution is -2.07. The number of methoxy groups -OCH3 is 1. The molecule has 1 atom stereocenters. The molecule has 7 heteroatoms. The first kappa shape index (κ1) is 15.0. The van der Waals surface area contributed by atoms with Crippen molar-refractivity contribution in [2.45, 2.75) is 30.1 Å². The van der Waals surface area contributed by atoms with E-state index in [1.165, 1.54) is 13.2 Å². The van der Waals surface area contributed by atoms with Gasteiger partial charge >= 0.3 is 5.97 Å². The topological polar surface area (TPSA) is 76.2 Å². The standard InChI is InChI=1S/C15H16FNO4S/c1-21-13(18)5-8-3-4-10-11-6-9(16)7-12(22(2,19)20)15(11)17-14(8)10/h6-8,17H,3-5H2,1-2H3/t8-/m1/s1. The van der Waals surface area contributed by atoms with Gasteiger partial charge in [-0.05, 0) is 30.5 Å². The number of ether oxygens (including phenoxy) is 1. The van der Waals surface area contributed by atoms with Crippen LogP contribution < -0.4 is 0 Å². The van der Waals surface area contributed by atoms with Gasteiger partial charge in [0, 0.05) is 23.3 Å². The smallest absolute Gasteiger partial charge is 0.306 e. The van der Waals surface area contributed by atoms with E-state index in [4.69, 9.17) is 0 Å². The van der Waals surface area contributed by atoms with Crippen molar-refractivity contribution in [3.63, 3.8) is 0 Å². The average molecular weight is 325 g/mol. The highest BCUT2D eigenvalue weighted by Gasteiger charge is 2.30. The minimum atomic E-state index is -3.55. The summed E-state index contributed by atoms with van der Waals surface area (Å²) in [5.74, 6) is -0.942. The first-order chi connectivity index (χ1) is 10.3. The molecule has 22 heavy (non-hydrogen) atoms. The molecule has 5 nitrogen and oxygen atoms in total. The Bertz CT molecular complexity index is 869. The number of aryl methyl sites for hydroxylation is 1. The van der Waals surface area contributed by atoms with Gasteiger partial charge in [0.25, 0.3) is 0 Å². The zero-order valence-corrected chi connectivity index (χ0v) is 13.1. The number of carbonyl (C=O) groups is 1. The van der Waals surface area contributed by atoms with Crippen LogP contribution in [-0.4, -0.2) is 32.7 Å². The highest BCUT2D eigenvalue weighted by Crippen LogP contribution is 2.41. The Morgan fingerprint density at radius 3 is 2.82 bits per heavy atom. The van der Waals surface area contributed by atoms with Crippen LogP contribution in [0.2, 0.25) is 0 Å². The van der Waals surface area contributed by atoms with Crippen molar-refractivity contribution >= 4 is 26.7 Å². The summed E-state index contributed by atoms with van der Waals surface area (Å²) >= 11 is 0. The van der Waals surface area contributed by atoms with Crippen molar-refractivity contribution in [1.82, 2.24) is 4.98 Å². The first-order valence-electron chi connectivity index (χ1n) is 6.92. The Balaban J connectivity index is 2.18. The summed E-state index contributed by atoms with van der Waals surface area (Å²) in [7, 11) is -2.21. The van der Waals surface area contributed by atoms with Crippen LogP contribution in [0.4, 0.5) is 4.39 Å². The summed E-state index contributed by atoms with van der Waals surface area (Å²) in [6.45, 7) is 0. The highest BCUT2D eigenvalue weighted by molar-refractivity contribution is 7.91. The molecule has 118 valence electrons. The maximum Gasteiger partial charge on any atom is 0.306 e. The monoisotopic (exact) mass is 325 g/mol. The molecule has 1 N–H and O–H groups in total. The summed E-state index contributed by atoms with van der Waals surface area (Å²) in [4.78, 5) is 14.5. The number of rotatable bonds is 3. The largest absolute Gasteiger partial charge is 0.469 e. The fraction of sp³-hybridized carbons (Fsp3) is 0.400. The Morgan fingerprint density at radius 2 is 2.18 bits per heavy atom. The third-order valence-electron chi connectivity index (χ3n) is 4.17. The van der Waals surface area contributed by atoms with Gasteiger partial charge < -0.3 is 9.72 Å². The third-order valence-corrected chi connectivity index (χ3v) is 5.29. The lowest BCUT2D eigenvalue weighted by Gasteiger charge is -2.08. The van der Waals surface area contributed by atoms with Gasteiger partial charge in [0.15, 0.2) is 9.84 Å². The van der Waals surface area contributed by atoms with Gasteiger partial charge in [-0.25, -0.2) is 12.8 Å². The number of aromatic amines is 1. The van der Waals surface area contributed by atoms with E-state index in [9.17, 15) is 17.6 Å². The first-order valence-corrected chi connectivity index (χ1v) is 8.81. The van der Waals surface area contributed by atoms with Crippen molar-refractivity contribution in [2.24, 2.45) is 0 Å². The summed E-state index contributed by atoms with van der Waals surface area (Å²) in [5, 5.41) is 0.586. The number of benzene rings is 1. The summed E-state index contributed by atoms with van der Waals surface area (Å²) in [6.07, 6.45) is 2.73. The quantitative estimate of drug-likeness (QED) is 0.879. The molecular weight excluding hydrogens is 309 g/mol. The number of H-pyrrole nitrogens is 1. The molecule has 2 aromatic rings. The Hall–Kier alpha value is -1.89. The number of hydrogen-bond donors (Lipinski definition) is 1. The Labute approximate surface area is 127 Å². The predicted octanol–water partition coefficient (Wildman–Crippen LogP) is 2.30. The molecule has 0 saturated heterocycles. The minimum Gasteiger partial charge on any atom is -0.469 e. The van der Waals surface area contributed by atoms with Crippen molar-refractivity contribution in [1.29, 1.82) is 0 Å². The highest BCUT2D eigenvalue weighted by atomic mass is 32.2. The molecule has 0 radical (unpaired) electrons. The van der Waals surface area contributed by atoms with Crippen LogP contribution in [-0.2, 0) is 25.8 Å². The van der Waals surface area contributed by atoms with E-state index in [-0.39, 0.29) is 23.2 Å². The van der Waals surface area contributed by atoms with Gasteiger partial charge in [0.05, 0.1) is 23.9 Å². The number of aromatic nitrogens is 1. The summed E-state index contributed by atoms with van der Waals surface area (Å²) in [6, 6.07) is 2.37. The van der Waals surface area contributed by atoms with Gasteiger partial charge in [0.1, 0.15) is 5.82 Å². The molecule has 0 spiro atoms. The minimum absolute atomic E-state index is 0.0475. The van der Waals surface area contributed by atoms with E-state index in [1.54, 1.807) is 0 Å². The molecule has 1 heterocycles. The SMILES string of the molecule is COC(=O)C[C@H]1CCc2c1[nH]c1c(S(C)(=O)=O)cc(F)cc21. The maximum absolute atomic E-state index is 13.8. The van der Waals surface area contributed by atoms with Crippen LogP contribution in [0, 0.1) is 5.82 Å². The van der Waals surface area contributed by atoms with Crippen molar-refractivity contribution in [3.8, 4) is 0 Å². The number of carbonyl (C=O) groups excluding carboxylic acids is 1. The van der Waals surface area contributed by atoms with Gasteiger partial charge in [-0.1, -0.05) is 0 Å². The van der Waals surface area contributed by atoms with Crippen LogP contribution in [0.15, 0.2) is 17.0 Å². The summed E-state index contributed by atoms with van der Waals surface area (Å²) < 4.78 is 42.2. The van der Waals surface area contributed by atoms with E-state index in [2.05, 4.69) is 9.72 Å². The second-order valence-corrected chi connectivity index (χ2v) is 7.62. The summed E-state index contributed by atoms with van der Waals surface area (Å²) in [5.41, 5.74) is 2.13. The number of nitrogens with one attached hydrogen (secondary N) is 1. The molecule has 0 aliphatic heterocycles. The van der Waals surface area contributed by atoms with Crippen molar-refractivity contribution in [3.05, 3.63) is 29.2 Å². The predicted molar refractivity (Wildman–Crippen MR) is 79.1 cm³/mol. The molecule has 0 unspecified atom stereocenters. The van der Waals surface area contributed by atoms with Crippen LogP contribution in [0.1, 0.15) is 30.0 Å². The zero-order chi connectivity index (χ0) is 16.1. The fourth-order valence-corrected chi connectivity index (χ4v) is 4.02. The molecule has 1 aromatic heterocycles. The van der Waals surface area contributed by atoms with E-state index < -0.39 is 15.7 Å². The molecular formula is C15H16FNO4S. The fourth-order valence-electron chi connectivity index (χ4n) is 3.17. The molecule has 0 bridgehead atoms. The zero-order valence-electron chi connectivity index (χ0n) is 12.3. The lowest BCUT2D eigenvalue weighted by atomic mass is 10.0. The number of fused-ring (bicyclic) bond motifs is 3. The van der Waals surface area contributed by atoms with Gasteiger partial charge in [-0.2, -0.15) is 0 Å². The molecule has 0 saturated carbocycles. The Morgan fingerprint density at radius 1 is 1.45 bits per heavy atom. The van der Waals surface area contributed by atoms with E-state index in [1.807, 2.05) is 0 Å². The molecule has 0 amide bonds. The molecule has 0 fully saturated rings. The normalized spacial score (nSPS) is 17.7. The van der Waals surface area contributed by atoms with E-state index in [0.717, 1.165) is 30.0 Å². The van der Waals surface area contributed by atoms with E-state index in [0.29, 0.717) is 17.3 Å². The molecule has 1 aliphatic rings. The van der Waals surface area contributed by atoms with Gasteiger partial charge in [0.2, 0.25) is 0 Å². The third kappa shape index (κ3) is 2.39. The number of sulfone groups is 1. The second-order valence-electron chi connectivity index (χ2n) is 5.63. The average Bonchev–Trinajstić information content (AvgIpc) is 2.97.